The minimum absolute atomic E-state index is 0.649. The monoisotopic (exact) mass is 259 g/mol. The van der Waals surface area contributed by atoms with Crippen LogP contribution in [0.4, 0.5) is 5.69 Å². The van der Waals surface area contributed by atoms with E-state index in [1.807, 2.05) is 0 Å². The molecule has 2 heterocycles. The van der Waals surface area contributed by atoms with Gasteiger partial charge in [-0.25, -0.2) is 0 Å². The third-order valence-electron chi connectivity index (χ3n) is 4.57. The molecule has 3 nitrogen and oxygen atoms in total. The number of para-hydroxylation sites is 1. The fourth-order valence-electron chi connectivity index (χ4n) is 3.59. The fraction of sp³-hybridized carbons (Fsp3) is 0.625. The molecule has 1 aromatic rings. The van der Waals surface area contributed by atoms with Gasteiger partial charge in [-0.3, -0.25) is 4.90 Å². The normalized spacial score (nSPS) is 29.4. The summed E-state index contributed by atoms with van der Waals surface area (Å²) in [7, 11) is 2.24. The average molecular weight is 259 g/mol. The summed E-state index contributed by atoms with van der Waals surface area (Å²) >= 11 is 0. The Kier molecular flexibility index (Phi) is 3.76. The lowest BCUT2D eigenvalue weighted by molar-refractivity contribution is 0.146. The lowest BCUT2D eigenvalue weighted by Crippen LogP contribution is -2.49. The Morgan fingerprint density at radius 3 is 2.95 bits per heavy atom. The van der Waals surface area contributed by atoms with E-state index in [1.54, 1.807) is 0 Å². The first-order valence-electron chi connectivity index (χ1n) is 7.50. The summed E-state index contributed by atoms with van der Waals surface area (Å²) in [4.78, 5) is 5.18. The van der Waals surface area contributed by atoms with Crippen molar-refractivity contribution in [1.82, 2.24) is 9.80 Å². The largest absolute Gasteiger partial charge is 0.383 e. The first-order chi connectivity index (χ1) is 9.24. The van der Waals surface area contributed by atoms with E-state index in [-0.39, 0.29) is 0 Å². The molecule has 1 saturated heterocycles. The van der Waals surface area contributed by atoms with Gasteiger partial charge >= 0.3 is 0 Å². The van der Waals surface area contributed by atoms with Crippen molar-refractivity contribution < 1.29 is 0 Å². The van der Waals surface area contributed by atoms with Crippen LogP contribution in [-0.2, 0) is 6.42 Å². The topological polar surface area (TPSA) is 18.5 Å². The summed E-state index contributed by atoms with van der Waals surface area (Å²) in [6.07, 6.45) is 2.48. The molecule has 3 heteroatoms. The van der Waals surface area contributed by atoms with Gasteiger partial charge in [-0.15, -0.1) is 0 Å². The Morgan fingerprint density at radius 1 is 1.21 bits per heavy atom. The number of benzene rings is 1. The van der Waals surface area contributed by atoms with Crippen LogP contribution in [0.2, 0.25) is 0 Å². The zero-order valence-electron chi connectivity index (χ0n) is 12.1. The molecule has 19 heavy (non-hydrogen) atoms. The molecule has 2 aliphatic rings. The summed E-state index contributed by atoms with van der Waals surface area (Å²) in [5.41, 5.74) is 2.81. The van der Waals surface area contributed by atoms with E-state index in [1.165, 1.54) is 43.7 Å². The standard InChI is InChI=1S/C16H25N3/c1-13-12-18(2)8-5-9-19(13)15-10-14-6-3-4-7-16(14)17-11-15/h3-4,6-7,13,15,17H,5,8-12H2,1-2H3. The second kappa shape index (κ2) is 5.51. The Balaban J connectivity index is 1.73. The Labute approximate surface area is 116 Å². The predicted octanol–water partition coefficient (Wildman–Crippen LogP) is 2.05. The lowest BCUT2D eigenvalue weighted by atomic mass is 9.97. The summed E-state index contributed by atoms with van der Waals surface area (Å²) < 4.78 is 0. The third kappa shape index (κ3) is 2.77. The number of hydrogen-bond donors (Lipinski definition) is 1. The molecule has 0 spiro atoms. The first kappa shape index (κ1) is 12.9. The molecule has 1 N–H and O–H groups in total. The van der Waals surface area contributed by atoms with Crippen LogP contribution in [0.25, 0.3) is 0 Å². The maximum absolute atomic E-state index is 3.61. The number of rotatable bonds is 1. The summed E-state index contributed by atoms with van der Waals surface area (Å²) in [6, 6.07) is 10.0. The molecule has 0 aliphatic carbocycles. The van der Waals surface area contributed by atoms with Gasteiger partial charge in [0.1, 0.15) is 0 Å². The van der Waals surface area contributed by atoms with Crippen LogP contribution in [0, 0.1) is 0 Å². The molecular weight excluding hydrogens is 234 g/mol. The lowest BCUT2D eigenvalue weighted by Gasteiger charge is -2.38. The smallest absolute Gasteiger partial charge is 0.0373 e. The van der Waals surface area contributed by atoms with Gasteiger partial charge < -0.3 is 10.2 Å². The van der Waals surface area contributed by atoms with Gasteiger partial charge in [-0.1, -0.05) is 18.2 Å². The van der Waals surface area contributed by atoms with Crippen LogP contribution in [0.15, 0.2) is 24.3 Å². The molecule has 0 amide bonds. The van der Waals surface area contributed by atoms with Crippen LogP contribution in [0.1, 0.15) is 18.9 Å². The van der Waals surface area contributed by atoms with Crippen LogP contribution in [0.3, 0.4) is 0 Å². The van der Waals surface area contributed by atoms with Gasteiger partial charge in [0.05, 0.1) is 0 Å². The first-order valence-corrected chi connectivity index (χ1v) is 7.50. The molecule has 0 bridgehead atoms. The zero-order valence-corrected chi connectivity index (χ0v) is 12.1. The van der Waals surface area contributed by atoms with E-state index in [9.17, 15) is 0 Å². The highest BCUT2D eigenvalue weighted by Gasteiger charge is 2.29. The predicted molar refractivity (Wildman–Crippen MR) is 80.7 cm³/mol. The van der Waals surface area contributed by atoms with Gasteiger partial charge in [0.15, 0.2) is 0 Å². The van der Waals surface area contributed by atoms with Crippen LogP contribution in [-0.4, -0.2) is 55.1 Å². The molecule has 3 rings (SSSR count). The van der Waals surface area contributed by atoms with Crippen LogP contribution >= 0.6 is 0 Å². The number of hydrogen-bond acceptors (Lipinski definition) is 3. The molecular formula is C16H25N3. The highest BCUT2D eigenvalue weighted by molar-refractivity contribution is 5.53. The highest BCUT2D eigenvalue weighted by atomic mass is 15.3. The van der Waals surface area contributed by atoms with Gasteiger partial charge in [-0.2, -0.15) is 0 Å². The Bertz CT molecular complexity index is 432. The molecule has 2 aliphatic heterocycles. The second-order valence-corrected chi connectivity index (χ2v) is 6.10. The third-order valence-corrected chi connectivity index (χ3v) is 4.57. The summed E-state index contributed by atoms with van der Waals surface area (Å²) in [5.74, 6) is 0. The number of likely N-dealkylation sites (N-methyl/N-ethyl adjacent to an activating group) is 1. The van der Waals surface area contributed by atoms with Crippen molar-refractivity contribution in [2.75, 3.05) is 38.5 Å². The van der Waals surface area contributed by atoms with E-state index in [2.05, 4.69) is 53.4 Å². The quantitative estimate of drug-likeness (QED) is 0.833. The fourth-order valence-corrected chi connectivity index (χ4v) is 3.59. The van der Waals surface area contributed by atoms with Crippen molar-refractivity contribution >= 4 is 5.69 Å². The average Bonchev–Trinajstić information content (AvgIpc) is 2.59. The van der Waals surface area contributed by atoms with Gasteiger partial charge in [0.2, 0.25) is 0 Å². The second-order valence-electron chi connectivity index (χ2n) is 6.10. The Morgan fingerprint density at radius 2 is 2.05 bits per heavy atom. The number of fused-ring (bicyclic) bond motifs is 1. The van der Waals surface area contributed by atoms with Crippen molar-refractivity contribution in [3.63, 3.8) is 0 Å². The van der Waals surface area contributed by atoms with Crippen molar-refractivity contribution in [2.24, 2.45) is 0 Å². The van der Waals surface area contributed by atoms with Crippen molar-refractivity contribution in [3.8, 4) is 0 Å². The van der Waals surface area contributed by atoms with Crippen LogP contribution < -0.4 is 5.32 Å². The van der Waals surface area contributed by atoms with E-state index >= 15 is 0 Å². The van der Waals surface area contributed by atoms with E-state index < -0.39 is 0 Å². The highest BCUT2D eigenvalue weighted by Crippen LogP contribution is 2.25. The summed E-state index contributed by atoms with van der Waals surface area (Å²) in [5, 5.41) is 3.61. The molecule has 0 saturated carbocycles. The maximum atomic E-state index is 3.61. The molecule has 0 radical (unpaired) electrons. The molecule has 104 valence electrons. The van der Waals surface area contributed by atoms with Gasteiger partial charge in [0.25, 0.3) is 0 Å². The molecule has 0 aromatic heterocycles. The number of anilines is 1. The number of nitrogens with zero attached hydrogens (tertiary/aromatic N) is 2. The van der Waals surface area contributed by atoms with E-state index in [4.69, 9.17) is 0 Å². The molecule has 1 fully saturated rings. The van der Waals surface area contributed by atoms with Crippen LogP contribution in [0.5, 0.6) is 0 Å². The molecule has 1 aromatic carbocycles. The van der Waals surface area contributed by atoms with E-state index in [0.29, 0.717) is 12.1 Å². The Hall–Kier alpha value is -1.06. The summed E-state index contributed by atoms with van der Waals surface area (Å²) in [6.45, 7) is 7.13. The van der Waals surface area contributed by atoms with Gasteiger partial charge in [-0.05, 0) is 45.0 Å². The zero-order chi connectivity index (χ0) is 13.2. The minimum atomic E-state index is 0.649. The van der Waals surface area contributed by atoms with E-state index in [0.717, 1.165) is 6.54 Å². The SMILES string of the molecule is CC1CN(C)CCCN1C1CNc2ccccc2C1. The van der Waals surface area contributed by atoms with Crippen molar-refractivity contribution in [2.45, 2.75) is 31.8 Å². The van der Waals surface area contributed by atoms with Crippen molar-refractivity contribution in [1.29, 1.82) is 0 Å². The molecule has 2 unspecified atom stereocenters. The number of nitrogens with one attached hydrogen (secondary N) is 1. The maximum Gasteiger partial charge on any atom is 0.0373 e. The molecule has 2 atom stereocenters. The minimum Gasteiger partial charge on any atom is -0.383 e. The van der Waals surface area contributed by atoms with Gasteiger partial charge in [0, 0.05) is 37.4 Å². The van der Waals surface area contributed by atoms with Crippen molar-refractivity contribution in [3.05, 3.63) is 29.8 Å².